The van der Waals surface area contributed by atoms with Gasteiger partial charge in [-0.15, -0.1) is 0 Å². The molecule has 0 aliphatic heterocycles. The summed E-state index contributed by atoms with van der Waals surface area (Å²) in [6.45, 7) is 5.93. The maximum Gasteiger partial charge on any atom is 0.396 e. The average Bonchev–Trinajstić information content (AvgIpc) is 2.52. The lowest BCUT2D eigenvalue weighted by Crippen LogP contribution is -2.34. The molecule has 0 aliphatic rings. The molecule has 2 aromatic rings. The van der Waals surface area contributed by atoms with Gasteiger partial charge in [-0.2, -0.15) is 0 Å². The smallest absolute Gasteiger partial charge is 0.396 e. The van der Waals surface area contributed by atoms with Crippen molar-refractivity contribution in [1.29, 1.82) is 0 Å². The quantitative estimate of drug-likeness (QED) is 0.658. The molecule has 0 saturated heterocycles. The van der Waals surface area contributed by atoms with Gasteiger partial charge in [-0.25, -0.2) is 4.79 Å². The molecule has 0 spiro atoms. The number of H-pyrrole nitrogens is 1. The third-order valence-corrected chi connectivity index (χ3v) is 3.77. The zero-order valence-electron chi connectivity index (χ0n) is 13.5. The van der Waals surface area contributed by atoms with Crippen molar-refractivity contribution in [3.8, 4) is 0 Å². The molecule has 6 nitrogen and oxygen atoms in total. The number of carbonyl (C=O) groups excluding carboxylic acids is 2. The fourth-order valence-electron chi connectivity index (χ4n) is 2.34. The van der Waals surface area contributed by atoms with Crippen LogP contribution in [0.3, 0.4) is 0 Å². The van der Waals surface area contributed by atoms with Crippen LogP contribution in [0.5, 0.6) is 0 Å². The van der Waals surface area contributed by atoms with Crippen LogP contribution in [0, 0.1) is 13.8 Å². The normalized spacial score (nSPS) is 10.6. The summed E-state index contributed by atoms with van der Waals surface area (Å²) in [4.78, 5) is 37.7. The molecule has 0 unspecified atom stereocenters. The van der Waals surface area contributed by atoms with E-state index in [-0.39, 0.29) is 18.7 Å². The summed E-state index contributed by atoms with van der Waals surface area (Å²) in [5.41, 5.74) is 3.36. The van der Waals surface area contributed by atoms with E-state index in [0.717, 1.165) is 22.0 Å². The van der Waals surface area contributed by atoms with Crippen molar-refractivity contribution >= 4 is 22.8 Å². The van der Waals surface area contributed by atoms with Crippen molar-refractivity contribution in [3.63, 3.8) is 0 Å². The molecule has 1 heterocycles. The molecule has 2 rings (SSSR count). The average molecular weight is 316 g/mol. The van der Waals surface area contributed by atoms with Crippen molar-refractivity contribution in [2.75, 3.05) is 13.2 Å². The minimum atomic E-state index is -0.911. The van der Waals surface area contributed by atoms with Crippen LogP contribution < -0.4 is 10.9 Å². The lowest BCUT2D eigenvalue weighted by molar-refractivity contribution is -0.154. The van der Waals surface area contributed by atoms with E-state index in [1.54, 1.807) is 6.92 Å². The number of amides is 1. The van der Waals surface area contributed by atoms with Crippen molar-refractivity contribution < 1.29 is 14.3 Å². The highest BCUT2D eigenvalue weighted by Gasteiger charge is 2.14. The van der Waals surface area contributed by atoms with Crippen molar-refractivity contribution in [2.45, 2.75) is 27.2 Å². The first-order valence-corrected chi connectivity index (χ1v) is 7.51. The number of aryl methyl sites for hydroxylation is 2. The third kappa shape index (κ3) is 3.77. The summed E-state index contributed by atoms with van der Waals surface area (Å²) in [5.74, 6) is -1.71. The Balaban J connectivity index is 2.11. The SMILES string of the molecule is CCOC(=O)C(=O)NCCc1cc2ccc(C)c(C)c2[nH]c1=O. The number of aromatic nitrogens is 1. The summed E-state index contributed by atoms with van der Waals surface area (Å²) >= 11 is 0. The second-order valence-electron chi connectivity index (χ2n) is 5.32. The zero-order valence-corrected chi connectivity index (χ0v) is 13.5. The molecule has 23 heavy (non-hydrogen) atoms. The molecule has 1 amide bonds. The number of pyridine rings is 1. The summed E-state index contributed by atoms with van der Waals surface area (Å²) in [6.07, 6.45) is 0.337. The van der Waals surface area contributed by atoms with Gasteiger partial charge in [0.05, 0.1) is 12.1 Å². The number of rotatable bonds is 4. The largest absolute Gasteiger partial charge is 0.459 e. The maximum atomic E-state index is 12.1. The van der Waals surface area contributed by atoms with E-state index in [1.165, 1.54) is 0 Å². The Morgan fingerprint density at radius 2 is 2.00 bits per heavy atom. The first kappa shape index (κ1) is 16.7. The fourth-order valence-corrected chi connectivity index (χ4v) is 2.34. The first-order valence-electron chi connectivity index (χ1n) is 7.51. The summed E-state index contributed by atoms with van der Waals surface area (Å²) < 4.78 is 4.59. The molecule has 0 bridgehead atoms. The number of carbonyl (C=O) groups is 2. The van der Waals surface area contributed by atoms with E-state index in [2.05, 4.69) is 15.0 Å². The topological polar surface area (TPSA) is 88.3 Å². The molecular weight excluding hydrogens is 296 g/mol. The summed E-state index contributed by atoms with van der Waals surface area (Å²) in [6, 6.07) is 5.77. The third-order valence-electron chi connectivity index (χ3n) is 3.77. The van der Waals surface area contributed by atoms with Crippen LogP contribution in [0.4, 0.5) is 0 Å². The van der Waals surface area contributed by atoms with Gasteiger partial charge in [0.15, 0.2) is 0 Å². The van der Waals surface area contributed by atoms with Gasteiger partial charge in [0.1, 0.15) is 0 Å². The number of aromatic amines is 1. The van der Waals surface area contributed by atoms with Gasteiger partial charge in [-0.3, -0.25) is 9.59 Å². The molecule has 0 aliphatic carbocycles. The van der Waals surface area contributed by atoms with E-state index in [0.29, 0.717) is 12.0 Å². The maximum absolute atomic E-state index is 12.1. The van der Waals surface area contributed by atoms with Crippen LogP contribution in [-0.2, 0) is 20.7 Å². The highest BCUT2D eigenvalue weighted by atomic mass is 16.5. The van der Waals surface area contributed by atoms with Gasteiger partial charge < -0.3 is 15.0 Å². The lowest BCUT2D eigenvalue weighted by Gasteiger charge is -2.08. The van der Waals surface area contributed by atoms with Crippen LogP contribution in [0.15, 0.2) is 23.0 Å². The molecule has 2 N–H and O–H groups in total. The first-order chi connectivity index (χ1) is 10.9. The van der Waals surface area contributed by atoms with E-state index >= 15 is 0 Å². The van der Waals surface area contributed by atoms with Gasteiger partial charge in [0.25, 0.3) is 5.56 Å². The van der Waals surface area contributed by atoms with Crippen LogP contribution in [-0.4, -0.2) is 30.0 Å². The number of ether oxygens (including phenoxy) is 1. The Labute approximate surface area is 133 Å². The van der Waals surface area contributed by atoms with Gasteiger partial charge >= 0.3 is 11.9 Å². The molecule has 0 saturated carbocycles. The molecule has 0 atom stereocenters. The van der Waals surface area contributed by atoms with E-state index < -0.39 is 11.9 Å². The number of benzene rings is 1. The second-order valence-corrected chi connectivity index (χ2v) is 5.32. The van der Waals surface area contributed by atoms with Crippen LogP contribution in [0.2, 0.25) is 0 Å². The van der Waals surface area contributed by atoms with Crippen molar-refractivity contribution in [2.24, 2.45) is 0 Å². The number of nitrogens with one attached hydrogen (secondary N) is 2. The van der Waals surface area contributed by atoms with Gasteiger partial charge in [-0.1, -0.05) is 12.1 Å². The minimum Gasteiger partial charge on any atom is -0.459 e. The molecule has 122 valence electrons. The monoisotopic (exact) mass is 316 g/mol. The molecule has 0 radical (unpaired) electrons. The zero-order chi connectivity index (χ0) is 17.0. The van der Waals surface area contributed by atoms with Gasteiger partial charge in [0.2, 0.25) is 0 Å². The van der Waals surface area contributed by atoms with Crippen LogP contribution in [0.25, 0.3) is 10.9 Å². The highest BCUT2D eigenvalue weighted by molar-refractivity contribution is 6.32. The van der Waals surface area contributed by atoms with Crippen molar-refractivity contribution in [3.05, 3.63) is 45.2 Å². The molecule has 1 aromatic carbocycles. The number of fused-ring (bicyclic) bond motifs is 1. The van der Waals surface area contributed by atoms with Crippen LogP contribution in [0.1, 0.15) is 23.6 Å². The Morgan fingerprint density at radius 3 is 2.70 bits per heavy atom. The predicted molar refractivity (Wildman–Crippen MR) is 87.4 cm³/mol. The molecule has 6 heteroatoms. The second kappa shape index (κ2) is 7.09. The Bertz CT molecular complexity index is 808. The Hall–Kier alpha value is -2.63. The minimum absolute atomic E-state index is 0.148. The summed E-state index contributed by atoms with van der Waals surface area (Å²) in [7, 11) is 0. The van der Waals surface area contributed by atoms with E-state index in [1.807, 2.05) is 32.0 Å². The van der Waals surface area contributed by atoms with E-state index in [4.69, 9.17) is 0 Å². The molecule has 1 aromatic heterocycles. The summed E-state index contributed by atoms with van der Waals surface area (Å²) in [5, 5.41) is 3.39. The van der Waals surface area contributed by atoms with Crippen molar-refractivity contribution in [1.82, 2.24) is 10.3 Å². The fraction of sp³-hybridized carbons (Fsp3) is 0.353. The molecular formula is C17H20N2O4. The number of hydrogen-bond acceptors (Lipinski definition) is 4. The Morgan fingerprint density at radius 1 is 1.26 bits per heavy atom. The standard InChI is InChI=1S/C17H20N2O4/c1-4-23-17(22)16(21)18-8-7-13-9-12-6-5-10(2)11(3)14(12)19-15(13)20/h5-6,9H,4,7-8H2,1-3H3,(H,18,21)(H,19,20). The highest BCUT2D eigenvalue weighted by Crippen LogP contribution is 2.18. The number of esters is 1. The molecule has 0 fully saturated rings. The predicted octanol–water partition coefficient (Wildman–Crippen LogP) is 1.37. The Kier molecular flexibility index (Phi) is 5.16. The van der Waals surface area contributed by atoms with E-state index in [9.17, 15) is 14.4 Å². The van der Waals surface area contributed by atoms with Crippen LogP contribution >= 0.6 is 0 Å². The van der Waals surface area contributed by atoms with Gasteiger partial charge in [-0.05, 0) is 49.8 Å². The lowest BCUT2D eigenvalue weighted by atomic mass is 10.0. The van der Waals surface area contributed by atoms with Gasteiger partial charge in [0, 0.05) is 12.1 Å². The number of hydrogen-bond donors (Lipinski definition) is 2.